The van der Waals surface area contributed by atoms with Crippen LogP contribution < -0.4 is 5.32 Å². The Hall–Kier alpha value is -0.0800. The Morgan fingerprint density at radius 3 is 2.58 bits per heavy atom. The Kier molecular flexibility index (Phi) is 3.01. The van der Waals surface area contributed by atoms with Crippen LogP contribution in [0.15, 0.2) is 0 Å². The van der Waals surface area contributed by atoms with Crippen molar-refractivity contribution in [1.29, 1.82) is 0 Å². The molecule has 0 saturated carbocycles. The van der Waals surface area contributed by atoms with Gasteiger partial charge in [-0.05, 0) is 45.3 Å². The smallest absolute Gasteiger partial charge is 0.0195 e. The lowest BCUT2D eigenvalue weighted by Crippen LogP contribution is -2.42. The first-order chi connectivity index (χ1) is 5.95. The maximum Gasteiger partial charge on any atom is 0.0195 e. The molecule has 2 aliphatic rings. The van der Waals surface area contributed by atoms with E-state index in [1.807, 2.05) is 0 Å². The number of likely N-dealkylation sites (tertiary alicyclic amines) is 1. The van der Waals surface area contributed by atoms with Crippen molar-refractivity contribution in [2.45, 2.75) is 38.1 Å². The summed E-state index contributed by atoms with van der Waals surface area (Å²) in [4.78, 5) is 2.61. The average Bonchev–Trinajstić information content (AvgIpc) is 2.59. The Morgan fingerprint density at radius 2 is 1.92 bits per heavy atom. The van der Waals surface area contributed by atoms with Gasteiger partial charge in [0.05, 0.1) is 0 Å². The highest BCUT2D eigenvalue weighted by Crippen LogP contribution is 2.12. The van der Waals surface area contributed by atoms with Crippen molar-refractivity contribution in [2.24, 2.45) is 0 Å². The fraction of sp³-hybridized carbons (Fsp3) is 1.00. The number of nitrogens with zero attached hydrogens (tertiary/aromatic N) is 1. The summed E-state index contributed by atoms with van der Waals surface area (Å²) in [5.41, 5.74) is 0. The van der Waals surface area contributed by atoms with Gasteiger partial charge in [-0.2, -0.15) is 0 Å². The Labute approximate surface area is 75.3 Å². The molecule has 0 aromatic heterocycles. The second-order valence-corrected chi connectivity index (χ2v) is 4.15. The van der Waals surface area contributed by atoms with E-state index in [1.165, 1.54) is 58.3 Å². The lowest BCUT2D eigenvalue weighted by molar-refractivity contribution is 0.263. The van der Waals surface area contributed by atoms with Crippen LogP contribution in [0.25, 0.3) is 0 Å². The molecule has 0 radical (unpaired) electrons. The Morgan fingerprint density at radius 1 is 1.08 bits per heavy atom. The van der Waals surface area contributed by atoms with Gasteiger partial charge in [0.15, 0.2) is 0 Å². The molecule has 0 bridgehead atoms. The third-order valence-corrected chi connectivity index (χ3v) is 3.09. The van der Waals surface area contributed by atoms with E-state index in [9.17, 15) is 0 Å². The highest BCUT2D eigenvalue weighted by molar-refractivity contribution is 4.78. The van der Waals surface area contributed by atoms with Gasteiger partial charge < -0.3 is 10.2 Å². The molecule has 2 rings (SSSR count). The fourth-order valence-corrected chi connectivity index (χ4v) is 2.36. The van der Waals surface area contributed by atoms with Crippen LogP contribution in [0.4, 0.5) is 0 Å². The van der Waals surface area contributed by atoms with Gasteiger partial charge in [-0.3, -0.25) is 0 Å². The molecule has 0 aromatic rings. The van der Waals surface area contributed by atoms with Crippen LogP contribution in [-0.4, -0.2) is 37.1 Å². The van der Waals surface area contributed by atoms with E-state index in [1.54, 1.807) is 0 Å². The van der Waals surface area contributed by atoms with Crippen LogP contribution in [0, 0.1) is 0 Å². The lowest BCUT2D eigenvalue weighted by Gasteiger charge is -2.27. The zero-order valence-electron chi connectivity index (χ0n) is 7.89. The van der Waals surface area contributed by atoms with Gasteiger partial charge in [-0.1, -0.05) is 6.42 Å². The predicted octanol–water partition coefficient (Wildman–Crippen LogP) is 1.22. The van der Waals surface area contributed by atoms with Crippen molar-refractivity contribution in [3.8, 4) is 0 Å². The van der Waals surface area contributed by atoms with Crippen LogP contribution in [-0.2, 0) is 0 Å². The maximum atomic E-state index is 3.60. The van der Waals surface area contributed by atoms with Crippen molar-refractivity contribution in [1.82, 2.24) is 10.2 Å². The maximum absolute atomic E-state index is 3.60. The van der Waals surface area contributed by atoms with Gasteiger partial charge >= 0.3 is 0 Å². The molecule has 0 spiro atoms. The second-order valence-electron chi connectivity index (χ2n) is 4.15. The summed E-state index contributed by atoms with van der Waals surface area (Å²) in [6.07, 6.45) is 7.07. The van der Waals surface area contributed by atoms with Gasteiger partial charge in [0.1, 0.15) is 0 Å². The monoisotopic (exact) mass is 168 g/mol. The third-order valence-electron chi connectivity index (χ3n) is 3.09. The number of rotatable bonds is 2. The number of piperidine rings is 1. The third kappa shape index (κ3) is 2.20. The largest absolute Gasteiger partial charge is 0.313 e. The summed E-state index contributed by atoms with van der Waals surface area (Å²) in [7, 11) is 0. The molecule has 0 unspecified atom stereocenters. The first-order valence-corrected chi connectivity index (χ1v) is 5.41. The Bertz CT molecular complexity index is 124. The SMILES string of the molecule is C1CC[C@@H](CN2CCCC2)NC1. The molecule has 0 aliphatic carbocycles. The molecule has 2 saturated heterocycles. The molecular formula is C10H20N2. The molecule has 0 aromatic carbocycles. The van der Waals surface area contributed by atoms with E-state index in [-0.39, 0.29) is 0 Å². The summed E-state index contributed by atoms with van der Waals surface area (Å²) in [5.74, 6) is 0. The van der Waals surface area contributed by atoms with Gasteiger partial charge in [0.2, 0.25) is 0 Å². The van der Waals surface area contributed by atoms with Crippen molar-refractivity contribution in [3.63, 3.8) is 0 Å². The van der Waals surface area contributed by atoms with Crippen molar-refractivity contribution in [2.75, 3.05) is 26.2 Å². The van der Waals surface area contributed by atoms with Crippen LogP contribution >= 0.6 is 0 Å². The van der Waals surface area contributed by atoms with Crippen LogP contribution in [0.3, 0.4) is 0 Å². The highest BCUT2D eigenvalue weighted by Gasteiger charge is 2.18. The summed E-state index contributed by atoms with van der Waals surface area (Å²) < 4.78 is 0. The topological polar surface area (TPSA) is 15.3 Å². The summed E-state index contributed by atoms with van der Waals surface area (Å²) in [6.45, 7) is 5.24. The minimum Gasteiger partial charge on any atom is -0.313 e. The molecule has 2 aliphatic heterocycles. The van der Waals surface area contributed by atoms with E-state index in [0.717, 1.165) is 6.04 Å². The molecule has 1 N–H and O–H groups in total. The first-order valence-electron chi connectivity index (χ1n) is 5.41. The lowest BCUT2D eigenvalue weighted by atomic mass is 10.0. The number of hydrogen-bond acceptors (Lipinski definition) is 2. The minimum absolute atomic E-state index is 0.803. The summed E-state index contributed by atoms with van der Waals surface area (Å²) >= 11 is 0. The van der Waals surface area contributed by atoms with Crippen molar-refractivity contribution >= 4 is 0 Å². The van der Waals surface area contributed by atoms with E-state index in [4.69, 9.17) is 0 Å². The molecule has 2 nitrogen and oxygen atoms in total. The predicted molar refractivity (Wildman–Crippen MR) is 51.3 cm³/mol. The van der Waals surface area contributed by atoms with E-state index >= 15 is 0 Å². The van der Waals surface area contributed by atoms with Gasteiger partial charge in [-0.25, -0.2) is 0 Å². The molecule has 12 heavy (non-hydrogen) atoms. The fourth-order valence-electron chi connectivity index (χ4n) is 2.36. The number of nitrogens with one attached hydrogen (secondary N) is 1. The van der Waals surface area contributed by atoms with E-state index in [2.05, 4.69) is 10.2 Å². The highest BCUT2D eigenvalue weighted by atomic mass is 15.2. The molecule has 1 atom stereocenters. The zero-order valence-corrected chi connectivity index (χ0v) is 7.89. The van der Waals surface area contributed by atoms with Crippen LogP contribution in [0.5, 0.6) is 0 Å². The second kappa shape index (κ2) is 4.24. The molecule has 0 amide bonds. The van der Waals surface area contributed by atoms with Gasteiger partial charge in [0.25, 0.3) is 0 Å². The summed E-state index contributed by atoms with van der Waals surface area (Å²) in [6, 6.07) is 0.803. The van der Waals surface area contributed by atoms with Gasteiger partial charge in [0, 0.05) is 12.6 Å². The zero-order chi connectivity index (χ0) is 8.23. The average molecular weight is 168 g/mol. The molecule has 70 valence electrons. The first kappa shape index (κ1) is 8.52. The minimum atomic E-state index is 0.803. The molecular weight excluding hydrogens is 148 g/mol. The quantitative estimate of drug-likeness (QED) is 0.667. The summed E-state index contributed by atoms with van der Waals surface area (Å²) in [5, 5.41) is 3.60. The number of hydrogen-bond donors (Lipinski definition) is 1. The standard InChI is InChI=1S/C10H20N2/c1-2-6-11-10(5-1)9-12-7-3-4-8-12/h10-11H,1-9H2/t10-/m0/s1. The molecule has 2 fully saturated rings. The van der Waals surface area contributed by atoms with Gasteiger partial charge in [-0.15, -0.1) is 0 Å². The van der Waals surface area contributed by atoms with Crippen LogP contribution in [0.1, 0.15) is 32.1 Å². The van der Waals surface area contributed by atoms with E-state index < -0.39 is 0 Å². The molecule has 2 heteroatoms. The van der Waals surface area contributed by atoms with Crippen molar-refractivity contribution < 1.29 is 0 Å². The molecule has 2 heterocycles. The van der Waals surface area contributed by atoms with Crippen molar-refractivity contribution in [3.05, 3.63) is 0 Å². The van der Waals surface area contributed by atoms with Crippen LogP contribution in [0.2, 0.25) is 0 Å². The Balaban J connectivity index is 1.69. The normalized spacial score (nSPS) is 32.5. The van der Waals surface area contributed by atoms with E-state index in [0.29, 0.717) is 0 Å².